The van der Waals surface area contributed by atoms with Crippen LogP contribution in [-0.2, 0) is 6.42 Å². The third-order valence-corrected chi connectivity index (χ3v) is 3.46. The maximum Gasteiger partial charge on any atom is 0.265 e. The number of anilines is 2. The lowest BCUT2D eigenvalue weighted by molar-refractivity contribution is 0.0982. The van der Waals surface area contributed by atoms with Gasteiger partial charge in [0.05, 0.1) is 0 Å². The molecule has 0 unspecified atom stereocenters. The maximum absolute atomic E-state index is 13.8. The molecule has 20 heavy (non-hydrogen) atoms. The monoisotopic (exact) mass is 272 g/mol. The maximum atomic E-state index is 13.8. The first-order chi connectivity index (χ1) is 9.58. The Bertz CT molecular complexity index is 680. The van der Waals surface area contributed by atoms with Crippen LogP contribution in [0.15, 0.2) is 36.4 Å². The molecule has 1 amide bonds. The Morgan fingerprint density at radius 1 is 1.30 bits per heavy atom. The van der Waals surface area contributed by atoms with Gasteiger partial charge < -0.3 is 15.7 Å². The van der Waals surface area contributed by atoms with Crippen molar-refractivity contribution < 1.29 is 14.3 Å². The first-order valence-electron chi connectivity index (χ1n) is 6.25. The molecule has 0 saturated heterocycles. The summed E-state index contributed by atoms with van der Waals surface area (Å²) in [6.07, 6.45) is 0.691. The molecule has 2 aromatic carbocycles. The number of nitrogens with two attached hydrogens (primary N) is 1. The molecule has 0 aromatic heterocycles. The van der Waals surface area contributed by atoms with Crippen LogP contribution in [0, 0.1) is 5.82 Å². The highest BCUT2D eigenvalue weighted by Gasteiger charge is 2.29. The normalized spacial score (nSPS) is 13.3. The molecule has 2 aromatic rings. The van der Waals surface area contributed by atoms with E-state index in [2.05, 4.69) is 0 Å². The van der Waals surface area contributed by atoms with E-state index in [1.165, 1.54) is 17.0 Å². The minimum absolute atomic E-state index is 0.303. The fourth-order valence-corrected chi connectivity index (χ4v) is 2.47. The van der Waals surface area contributed by atoms with Crippen molar-refractivity contribution in [2.75, 3.05) is 17.2 Å². The minimum atomic E-state index is -0.729. The van der Waals surface area contributed by atoms with Gasteiger partial charge in [-0.05, 0) is 36.2 Å². The van der Waals surface area contributed by atoms with Gasteiger partial charge in [0.25, 0.3) is 5.91 Å². The average molecular weight is 272 g/mol. The molecular weight excluding hydrogens is 259 g/mol. The van der Waals surface area contributed by atoms with Crippen LogP contribution in [-0.4, -0.2) is 17.6 Å². The molecule has 1 aliphatic heterocycles. The number of aromatic hydroxyl groups is 1. The topological polar surface area (TPSA) is 66.6 Å². The summed E-state index contributed by atoms with van der Waals surface area (Å²) >= 11 is 0. The van der Waals surface area contributed by atoms with Gasteiger partial charge in [0, 0.05) is 17.9 Å². The quantitative estimate of drug-likeness (QED) is 0.783. The molecule has 0 atom stereocenters. The number of hydrogen-bond acceptors (Lipinski definition) is 3. The fraction of sp³-hybridized carbons (Fsp3) is 0.133. The average Bonchev–Trinajstić information content (AvgIpc) is 2.81. The van der Waals surface area contributed by atoms with Gasteiger partial charge in [-0.3, -0.25) is 4.79 Å². The Morgan fingerprint density at radius 2 is 2.10 bits per heavy atom. The lowest BCUT2D eigenvalue weighted by Gasteiger charge is -2.18. The van der Waals surface area contributed by atoms with Crippen LogP contribution in [0.25, 0.3) is 0 Å². The summed E-state index contributed by atoms with van der Waals surface area (Å²) in [5.74, 6) is -1.63. The van der Waals surface area contributed by atoms with Gasteiger partial charge in [-0.2, -0.15) is 0 Å². The Labute approximate surface area is 115 Å². The van der Waals surface area contributed by atoms with Crippen LogP contribution in [0.2, 0.25) is 0 Å². The van der Waals surface area contributed by atoms with E-state index < -0.39 is 11.7 Å². The number of halogens is 1. The third kappa shape index (κ3) is 1.87. The van der Waals surface area contributed by atoms with E-state index >= 15 is 0 Å². The molecule has 1 heterocycles. The predicted octanol–water partition coefficient (Wildman–Crippen LogP) is 2.32. The highest BCUT2D eigenvalue weighted by Crippen LogP contribution is 2.33. The lowest BCUT2D eigenvalue weighted by atomic mass is 10.1. The molecule has 0 spiro atoms. The number of amides is 1. The zero-order chi connectivity index (χ0) is 14.3. The van der Waals surface area contributed by atoms with Gasteiger partial charge in [0.2, 0.25) is 0 Å². The third-order valence-electron chi connectivity index (χ3n) is 3.46. The summed E-state index contributed by atoms with van der Waals surface area (Å²) in [7, 11) is 0. The van der Waals surface area contributed by atoms with Crippen molar-refractivity contribution in [1.82, 2.24) is 0 Å². The Balaban J connectivity index is 2.04. The molecule has 102 valence electrons. The summed E-state index contributed by atoms with van der Waals surface area (Å²) in [4.78, 5) is 13.9. The van der Waals surface area contributed by atoms with Gasteiger partial charge in [-0.25, -0.2) is 4.39 Å². The van der Waals surface area contributed by atoms with E-state index in [1.54, 1.807) is 12.1 Å². The fourth-order valence-electron chi connectivity index (χ4n) is 2.47. The SMILES string of the molecule is Nc1ccc2c(c1)N(C(=O)c1c(O)cccc1F)CC2. The number of hydrogen-bond donors (Lipinski definition) is 2. The second-order valence-electron chi connectivity index (χ2n) is 4.73. The summed E-state index contributed by atoms with van der Waals surface area (Å²) in [6.45, 7) is 0.450. The van der Waals surface area contributed by atoms with Crippen LogP contribution >= 0.6 is 0 Å². The van der Waals surface area contributed by atoms with Crippen LogP contribution in [0.3, 0.4) is 0 Å². The van der Waals surface area contributed by atoms with Crippen molar-refractivity contribution in [2.24, 2.45) is 0 Å². The molecule has 5 heteroatoms. The van der Waals surface area contributed by atoms with E-state index in [4.69, 9.17) is 5.73 Å². The molecular formula is C15H13FN2O2. The van der Waals surface area contributed by atoms with Gasteiger partial charge in [0.1, 0.15) is 17.1 Å². The van der Waals surface area contributed by atoms with E-state index in [-0.39, 0.29) is 11.3 Å². The number of phenolic OH excluding ortho intramolecular Hbond substituents is 1. The number of nitrogens with zero attached hydrogens (tertiary/aromatic N) is 1. The summed E-state index contributed by atoms with van der Waals surface area (Å²) in [5, 5.41) is 9.71. The first-order valence-corrected chi connectivity index (χ1v) is 6.25. The number of phenols is 1. The molecule has 0 radical (unpaired) electrons. The van der Waals surface area contributed by atoms with E-state index in [1.807, 2.05) is 6.07 Å². The molecule has 0 saturated carbocycles. The zero-order valence-corrected chi connectivity index (χ0v) is 10.6. The number of nitrogen functional groups attached to an aromatic ring is 1. The Kier molecular flexibility index (Phi) is 2.82. The molecule has 3 rings (SSSR count). The first kappa shape index (κ1) is 12.5. The highest BCUT2D eigenvalue weighted by atomic mass is 19.1. The lowest BCUT2D eigenvalue weighted by Crippen LogP contribution is -2.29. The second kappa shape index (κ2) is 4.52. The van der Waals surface area contributed by atoms with Crippen molar-refractivity contribution in [3.05, 3.63) is 53.3 Å². The molecule has 0 bridgehead atoms. The van der Waals surface area contributed by atoms with Crippen LogP contribution in [0.5, 0.6) is 5.75 Å². The minimum Gasteiger partial charge on any atom is -0.507 e. The molecule has 0 fully saturated rings. The van der Waals surface area contributed by atoms with Crippen molar-refractivity contribution in [3.63, 3.8) is 0 Å². The van der Waals surface area contributed by atoms with Gasteiger partial charge >= 0.3 is 0 Å². The smallest absolute Gasteiger partial charge is 0.265 e. The summed E-state index contributed by atoms with van der Waals surface area (Å²) in [6, 6.07) is 9.14. The van der Waals surface area contributed by atoms with Crippen molar-refractivity contribution in [3.8, 4) is 5.75 Å². The van der Waals surface area contributed by atoms with Crippen molar-refractivity contribution in [1.29, 1.82) is 0 Å². The highest BCUT2D eigenvalue weighted by molar-refractivity contribution is 6.09. The van der Waals surface area contributed by atoms with E-state index in [0.29, 0.717) is 24.3 Å². The molecule has 1 aliphatic rings. The van der Waals surface area contributed by atoms with Crippen molar-refractivity contribution >= 4 is 17.3 Å². The second-order valence-corrected chi connectivity index (χ2v) is 4.73. The Hall–Kier alpha value is -2.56. The number of carbonyl (C=O) groups excluding carboxylic acids is 1. The standard InChI is InChI=1S/C15H13FN2O2/c16-11-2-1-3-13(19)14(11)15(20)18-7-6-9-4-5-10(17)8-12(9)18/h1-5,8,19H,6-7,17H2. The predicted molar refractivity (Wildman–Crippen MR) is 74.3 cm³/mol. The number of rotatable bonds is 1. The van der Waals surface area contributed by atoms with E-state index in [0.717, 1.165) is 11.6 Å². The van der Waals surface area contributed by atoms with Gasteiger partial charge in [-0.1, -0.05) is 12.1 Å². The molecule has 0 aliphatic carbocycles. The van der Waals surface area contributed by atoms with Crippen LogP contribution < -0.4 is 10.6 Å². The summed E-state index contributed by atoms with van der Waals surface area (Å²) in [5.41, 5.74) is 7.64. The van der Waals surface area contributed by atoms with Crippen molar-refractivity contribution in [2.45, 2.75) is 6.42 Å². The van der Waals surface area contributed by atoms with E-state index in [9.17, 15) is 14.3 Å². The summed E-state index contributed by atoms with van der Waals surface area (Å²) < 4.78 is 13.8. The number of fused-ring (bicyclic) bond motifs is 1. The largest absolute Gasteiger partial charge is 0.507 e. The zero-order valence-electron chi connectivity index (χ0n) is 10.6. The van der Waals surface area contributed by atoms with Crippen LogP contribution in [0.4, 0.5) is 15.8 Å². The number of benzene rings is 2. The Morgan fingerprint density at radius 3 is 2.85 bits per heavy atom. The van der Waals surface area contributed by atoms with Gasteiger partial charge in [0.15, 0.2) is 0 Å². The molecule has 3 N–H and O–H groups in total. The van der Waals surface area contributed by atoms with Crippen LogP contribution in [0.1, 0.15) is 15.9 Å². The van der Waals surface area contributed by atoms with Gasteiger partial charge in [-0.15, -0.1) is 0 Å². The molecule has 4 nitrogen and oxygen atoms in total. The number of carbonyl (C=O) groups is 1.